The number of nitrogen functional groups attached to an aromatic ring is 1. The minimum atomic E-state index is -3.65. The van der Waals surface area contributed by atoms with E-state index in [2.05, 4.69) is 5.32 Å². The molecule has 3 N–H and O–H groups in total. The van der Waals surface area contributed by atoms with Crippen molar-refractivity contribution >= 4 is 27.1 Å². The molecule has 0 aliphatic carbocycles. The van der Waals surface area contributed by atoms with Crippen molar-refractivity contribution in [3.8, 4) is 0 Å². The summed E-state index contributed by atoms with van der Waals surface area (Å²) in [6, 6.07) is 3.71. The maximum atomic E-state index is 13.6. The Labute approximate surface area is 124 Å². The van der Waals surface area contributed by atoms with E-state index in [1.165, 1.54) is 19.1 Å². The number of anilines is 2. The fourth-order valence-electron chi connectivity index (χ4n) is 1.72. The molecule has 21 heavy (non-hydrogen) atoms. The second kappa shape index (κ2) is 6.43. The Morgan fingerprint density at radius 3 is 2.33 bits per heavy atom. The van der Waals surface area contributed by atoms with Gasteiger partial charge in [-0.25, -0.2) is 12.8 Å². The molecule has 0 bridgehead atoms. The molecule has 5 nitrogen and oxygen atoms in total. The molecular weight excluding hydrogens is 295 g/mol. The summed E-state index contributed by atoms with van der Waals surface area (Å²) in [4.78, 5) is 12.1. The summed E-state index contributed by atoms with van der Waals surface area (Å²) in [6.07, 6.45) is 0. The van der Waals surface area contributed by atoms with Crippen molar-refractivity contribution in [1.82, 2.24) is 0 Å². The van der Waals surface area contributed by atoms with Crippen LogP contribution in [0.1, 0.15) is 27.7 Å². The summed E-state index contributed by atoms with van der Waals surface area (Å²) in [6.45, 7) is 6.40. The van der Waals surface area contributed by atoms with Gasteiger partial charge in [-0.05, 0) is 38.0 Å². The third kappa shape index (κ3) is 3.93. The number of carbonyl (C=O) groups is 1. The molecule has 7 heteroatoms. The van der Waals surface area contributed by atoms with E-state index in [-0.39, 0.29) is 17.3 Å². The lowest BCUT2D eigenvalue weighted by atomic mass is 10.2. The van der Waals surface area contributed by atoms with E-state index in [0.717, 1.165) is 6.07 Å². The minimum absolute atomic E-state index is 0.116. The highest BCUT2D eigenvalue weighted by Crippen LogP contribution is 2.21. The number of rotatable bonds is 5. The number of hydrogen-bond acceptors (Lipinski definition) is 4. The van der Waals surface area contributed by atoms with Gasteiger partial charge < -0.3 is 11.1 Å². The van der Waals surface area contributed by atoms with Crippen LogP contribution in [0.25, 0.3) is 0 Å². The highest BCUT2D eigenvalue weighted by molar-refractivity contribution is 7.93. The fraction of sp³-hybridized carbons (Fsp3) is 0.500. The number of benzene rings is 1. The van der Waals surface area contributed by atoms with Crippen molar-refractivity contribution < 1.29 is 17.6 Å². The summed E-state index contributed by atoms with van der Waals surface area (Å²) >= 11 is 0. The second-order valence-electron chi connectivity index (χ2n) is 5.41. The van der Waals surface area contributed by atoms with E-state index in [4.69, 9.17) is 5.73 Å². The van der Waals surface area contributed by atoms with Crippen molar-refractivity contribution in [2.75, 3.05) is 11.1 Å². The first-order valence-electron chi connectivity index (χ1n) is 6.66. The molecule has 1 amide bonds. The van der Waals surface area contributed by atoms with Gasteiger partial charge in [-0.15, -0.1) is 0 Å². The number of hydrogen-bond donors (Lipinski definition) is 2. The molecule has 0 aliphatic rings. The van der Waals surface area contributed by atoms with Gasteiger partial charge in [0.15, 0.2) is 9.84 Å². The first-order valence-corrected chi connectivity index (χ1v) is 8.27. The monoisotopic (exact) mass is 316 g/mol. The number of sulfone groups is 1. The molecular formula is C14H21FN2O3S. The molecule has 0 aromatic heterocycles. The van der Waals surface area contributed by atoms with Gasteiger partial charge in [0.25, 0.3) is 0 Å². The minimum Gasteiger partial charge on any atom is -0.399 e. The third-order valence-electron chi connectivity index (χ3n) is 3.57. The van der Waals surface area contributed by atoms with E-state index < -0.39 is 32.1 Å². The number of carbonyl (C=O) groups excluding carboxylic acids is 1. The highest BCUT2D eigenvalue weighted by Gasteiger charge is 2.34. The Morgan fingerprint density at radius 1 is 1.24 bits per heavy atom. The van der Waals surface area contributed by atoms with Crippen LogP contribution in [0.3, 0.4) is 0 Å². The summed E-state index contributed by atoms with van der Waals surface area (Å²) in [5.41, 5.74) is 5.67. The normalized spacial score (nSPS) is 14.8. The summed E-state index contributed by atoms with van der Waals surface area (Å²) in [7, 11) is -3.65. The first kappa shape index (κ1) is 17.4. The van der Waals surface area contributed by atoms with Crippen molar-refractivity contribution in [2.45, 2.75) is 38.2 Å². The molecule has 2 atom stereocenters. The molecule has 0 spiro atoms. The molecule has 0 saturated heterocycles. The van der Waals surface area contributed by atoms with Crippen molar-refractivity contribution in [2.24, 2.45) is 5.92 Å². The zero-order valence-corrected chi connectivity index (χ0v) is 13.4. The average molecular weight is 316 g/mol. The van der Waals surface area contributed by atoms with Gasteiger partial charge in [-0.2, -0.15) is 0 Å². The number of nitrogens with two attached hydrogens (primary N) is 1. The smallest absolute Gasteiger partial charge is 0.242 e. The van der Waals surface area contributed by atoms with Crippen LogP contribution in [0.2, 0.25) is 0 Å². The van der Waals surface area contributed by atoms with Crippen molar-refractivity contribution in [3.63, 3.8) is 0 Å². The molecule has 118 valence electrons. The summed E-state index contributed by atoms with van der Waals surface area (Å²) < 4.78 is 38.1. The predicted molar refractivity (Wildman–Crippen MR) is 82.1 cm³/mol. The zero-order valence-electron chi connectivity index (χ0n) is 12.6. The van der Waals surface area contributed by atoms with Gasteiger partial charge in [0, 0.05) is 5.69 Å². The van der Waals surface area contributed by atoms with Gasteiger partial charge in [-0.3, -0.25) is 4.79 Å². The predicted octanol–water partition coefficient (Wildman–Crippen LogP) is 2.19. The van der Waals surface area contributed by atoms with Crippen LogP contribution in [-0.4, -0.2) is 24.8 Å². The maximum absolute atomic E-state index is 13.6. The quantitative estimate of drug-likeness (QED) is 0.815. The number of halogens is 1. The van der Waals surface area contributed by atoms with Crippen LogP contribution in [0.5, 0.6) is 0 Å². The van der Waals surface area contributed by atoms with E-state index in [9.17, 15) is 17.6 Å². The highest BCUT2D eigenvalue weighted by atomic mass is 32.2. The van der Waals surface area contributed by atoms with Gasteiger partial charge in [-0.1, -0.05) is 13.8 Å². The molecule has 2 unspecified atom stereocenters. The van der Waals surface area contributed by atoms with Gasteiger partial charge in [0.05, 0.1) is 10.9 Å². The topological polar surface area (TPSA) is 89.3 Å². The van der Waals surface area contributed by atoms with Crippen LogP contribution in [0.4, 0.5) is 15.8 Å². The molecule has 0 radical (unpaired) electrons. The van der Waals surface area contributed by atoms with E-state index in [1.807, 2.05) is 0 Å². The summed E-state index contributed by atoms with van der Waals surface area (Å²) in [5.74, 6) is -1.56. The Kier molecular flexibility index (Phi) is 5.33. The van der Waals surface area contributed by atoms with E-state index in [1.54, 1.807) is 20.8 Å². The Morgan fingerprint density at radius 2 is 1.81 bits per heavy atom. The second-order valence-corrected chi connectivity index (χ2v) is 8.04. The number of amides is 1. The molecule has 1 aromatic carbocycles. The number of nitrogens with one attached hydrogen (secondary N) is 1. The largest absolute Gasteiger partial charge is 0.399 e. The van der Waals surface area contributed by atoms with Crippen molar-refractivity contribution in [1.29, 1.82) is 0 Å². The molecule has 0 heterocycles. The van der Waals surface area contributed by atoms with E-state index >= 15 is 0 Å². The van der Waals surface area contributed by atoms with Gasteiger partial charge >= 0.3 is 0 Å². The van der Waals surface area contributed by atoms with Crippen LogP contribution in [0, 0.1) is 11.7 Å². The van der Waals surface area contributed by atoms with Gasteiger partial charge in [0.1, 0.15) is 11.1 Å². The van der Waals surface area contributed by atoms with Crippen LogP contribution < -0.4 is 11.1 Å². The Bertz CT molecular complexity index is 629. The molecule has 1 aromatic rings. The SMILES string of the molecule is CC(C)C(C)S(=O)(=O)C(C)C(=O)Nc1cc(N)ccc1F. The lowest BCUT2D eigenvalue weighted by Crippen LogP contribution is -2.39. The van der Waals surface area contributed by atoms with Crippen LogP contribution in [0.15, 0.2) is 18.2 Å². The van der Waals surface area contributed by atoms with E-state index in [0.29, 0.717) is 0 Å². The van der Waals surface area contributed by atoms with Crippen LogP contribution in [-0.2, 0) is 14.6 Å². The maximum Gasteiger partial charge on any atom is 0.242 e. The van der Waals surface area contributed by atoms with Crippen LogP contribution >= 0.6 is 0 Å². The lowest BCUT2D eigenvalue weighted by Gasteiger charge is -2.21. The Balaban J connectivity index is 2.96. The molecule has 0 aliphatic heterocycles. The standard InChI is InChI=1S/C14H21FN2O3S/c1-8(2)9(3)21(19,20)10(4)14(18)17-13-7-11(16)5-6-12(13)15/h5-10H,16H2,1-4H3,(H,17,18). The van der Waals surface area contributed by atoms with Gasteiger partial charge in [0.2, 0.25) is 5.91 Å². The molecule has 1 rings (SSSR count). The molecule has 0 fully saturated rings. The lowest BCUT2D eigenvalue weighted by molar-refractivity contribution is -0.115. The first-order chi connectivity index (χ1) is 9.57. The average Bonchev–Trinajstić information content (AvgIpc) is 2.40. The third-order valence-corrected chi connectivity index (χ3v) is 6.35. The molecule has 0 saturated carbocycles. The van der Waals surface area contributed by atoms with Crippen molar-refractivity contribution in [3.05, 3.63) is 24.0 Å². The zero-order chi connectivity index (χ0) is 16.4. The summed E-state index contributed by atoms with van der Waals surface area (Å²) in [5, 5.41) is 0.347. The Hall–Kier alpha value is -1.63. The fourth-order valence-corrected chi connectivity index (χ4v) is 3.48.